The first-order valence-corrected chi connectivity index (χ1v) is 9.67. The average Bonchev–Trinajstić information content (AvgIpc) is 3.10. The molecule has 0 spiro atoms. The SMILES string of the molecule is CCCNC(=O)C1CCN(c2nnc(N3CCCCC3=O)s2)CC1. The Kier molecular flexibility index (Phi) is 5.65. The van der Waals surface area contributed by atoms with Gasteiger partial charge in [0.15, 0.2) is 0 Å². The van der Waals surface area contributed by atoms with Crippen LogP contribution < -0.4 is 15.1 Å². The van der Waals surface area contributed by atoms with Gasteiger partial charge in [0.2, 0.25) is 22.1 Å². The number of nitrogens with zero attached hydrogens (tertiary/aromatic N) is 4. The first-order valence-electron chi connectivity index (χ1n) is 8.85. The minimum Gasteiger partial charge on any atom is -0.356 e. The quantitative estimate of drug-likeness (QED) is 0.875. The molecular weight excluding hydrogens is 326 g/mol. The fraction of sp³-hybridized carbons (Fsp3) is 0.750. The lowest BCUT2D eigenvalue weighted by Crippen LogP contribution is -2.40. The van der Waals surface area contributed by atoms with Crippen molar-refractivity contribution in [2.24, 2.45) is 5.92 Å². The fourth-order valence-electron chi connectivity index (χ4n) is 3.18. The van der Waals surface area contributed by atoms with Crippen LogP contribution in [0.4, 0.5) is 10.3 Å². The molecule has 1 aromatic rings. The zero-order valence-corrected chi connectivity index (χ0v) is 15.0. The monoisotopic (exact) mass is 351 g/mol. The van der Waals surface area contributed by atoms with Gasteiger partial charge in [-0.3, -0.25) is 14.5 Å². The van der Waals surface area contributed by atoms with E-state index >= 15 is 0 Å². The predicted octanol–water partition coefficient (Wildman–Crippen LogP) is 1.80. The Hall–Kier alpha value is -1.70. The third kappa shape index (κ3) is 3.85. The van der Waals surface area contributed by atoms with Crippen molar-refractivity contribution in [2.75, 3.05) is 36.0 Å². The lowest BCUT2D eigenvalue weighted by atomic mass is 9.96. The molecule has 0 bridgehead atoms. The molecular formula is C16H25N5O2S. The van der Waals surface area contributed by atoms with E-state index in [1.54, 1.807) is 4.90 Å². The van der Waals surface area contributed by atoms with Crippen LogP contribution in [0.5, 0.6) is 0 Å². The molecule has 2 saturated heterocycles. The second-order valence-electron chi connectivity index (χ2n) is 6.42. The highest BCUT2D eigenvalue weighted by molar-refractivity contribution is 7.19. The number of nitrogens with one attached hydrogen (secondary N) is 1. The van der Waals surface area contributed by atoms with Crippen LogP contribution in [0.1, 0.15) is 45.4 Å². The Labute approximate surface area is 146 Å². The molecule has 0 radical (unpaired) electrons. The molecule has 2 aliphatic heterocycles. The van der Waals surface area contributed by atoms with E-state index in [0.29, 0.717) is 11.6 Å². The van der Waals surface area contributed by atoms with Gasteiger partial charge in [0.25, 0.3) is 0 Å². The molecule has 0 atom stereocenters. The van der Waals surface area contributed by atoms with Gasteiger partial charge >= 0.3 is 0 Å². The van der Waals surface area contributed by atoms with Crippen LogP contribution in [0, 0.1) is 5.92 Å². The summed E-state index contributed by atoms with van der Waals surface area (Å²) in [5, 5.41) is 13.0. The molecule has 1 N–H and O–H groups in total. The van der Waals surface area contributed by atoms with Crippen LogP contribution in [0.2, 0.25) is 0 Å². The van der Waals surface area contributed by atoms with Gasteiger partial charge in [-0.15, -0.1) is 10.2 Å². The number of rotatable bonds is 5. The van der Waals surface area contributed by atoms with Gasteiger partial charge in [-0.1, -0.05) is 18.3 Å². The predicted molar refractivity (Wildman–Crippen MR) is 94.4 cm³/mol. The Balaban J connectivity index is 1.55. The van der Waals surface area contributed by atoms with Crippen LogP contribution in [-0.2, 0) is 9.59 Å². The standard InChI is InChI=1S/C16H25N5O2S/c1-2-8-17-14(23)12-6-10-20(11-7-12)15-18-19-16(24-15)21-9-4-3-5-13(21)22/h12H,2-11H2,1H3,(H,17,23). The molecule has 0 aromatic carbocycles. The number of carbonyl (C=O) groups is 2. The normalized spacial score (nSPS) is 19.6. The van der Waals surface area contributed by atoms with Gasteiger partial charge in [0.05, 0.1) is 0 Å². The molecule has 132 valence electrons. The Bertz CT molecular complexity index is 583. The third-order valence-corrected chi connectivity index (χ3v) is 5.65. The van der Waals surface area contributed by atoms with E-state index in [0.717, 1.165) is 63.4 Å². The van der Waals surface area contributed by atoms with E-state index in [9.17, 15) is 9.59 Å². The number of aromatic nitrogens is 2. The molecule has 8 heteroatoms. The number of hydrogen-bond donors (Lipinski definition) is 1. The molecule has 3 rings (SSSR count). The zero-order chi connectivity index (χ0) is 16.9. The summed E-state index contributed by atoms with van der Waals surface area (Å²) in [6.45, 7) is 5.18. The van der Waals surface area contributed by atoms with Crippen LogP contribution in [-0.4, -0.2) is 48.2 Å². The highest BCUT2D eigenvalue weighted by Crippen LogP contribution is 2.31. The van der Waals surface area contributed by atoms with Crippen molar-refractivity contribution < 1.29 is 9.59 Å². The fourth-order valence-corrected chi connectivity index (χ4v) is 4.12. The van der Waals surface area contributed by atoms with E-state index in [2.05, 4.69) is 27.3 Å². The Morgan fingerprint density at radius 2 is 1.96 bits per heavy atom. The summed E-state index contributed by atoms with van der Waals surface area (Å²) in [7, 11) is 0. The van der Waals surface area contributed by atoms with Crippen LogP contribution in [0.3, 0.4) is 0 Å². The summed E-state index contributed by atoms with van der Waals surface area (Å²) in [6.07, 6.45) is 5.24. The van der Waals surface area contributed by atoms with Gasteiger partial charge in [-0.05, 0) is 32.1 Å². The molecule has 7 nitrogen and oxygen atoms in total. The van der Waals surface area contributed by atoms with Crippen molar-refractivity contribution in [1.82, 2.24) is 15.5 Å². The molecule has 24 heavy (non-hydrogen) atoms. The van der Waals surface area contributed by atoms with Gasteiger partial charge in [-0.25, -0.2) is 0 Å². The van der Waals surface area contributed by atoms with Gasteiger partial charge in [0.1, 0.15) is 0 Å². The number of carbonyl (C=O) groups excluding carboxylic acids is 2. The van der Waals surface area contributed by atoms with Crippen LogP contribution in [0.25, 0.3) is 0 Å². The zero-order valence-electron chi connectivity index (χ0n) is 14.2. The molecule has 0 aliphatic carbocycles. The van der Waals surface area contributed by atoms with Gasteiger partial charge in [-0.2, -0.15) is 0 Å². The van der Waals surface area contributed by atoms with E-state index in [-0.39, 0.29) is 17.7 Å². The summed E-state index contributed by atoms with van der Waals surface area (Å²) in [5.41, 5.74) is 0. The molecule has 1 aromatic heterocycles. The molecule has 2 aliphatic rings. The number of hydrogen-bond acceptors (Lipinski definition) is 6. The van der Waals surface area contributed by atoms with Crippen molar-refractivity contribution >= 4 is 33.4 Å². The molecule has 2 fully saturated rings. The minimum absolute atomic E-state index is 0.101. The summed E-state index contributed by atoms with van der Waals surface area (Å²) in [5.74, 6) is 0.424. The van der Waals surface area contributed by atoms with Crippen LogP contribution >= 0.6 is 11.3 Å². The number of amides is 2. The maximum Gasteiger partial charge on any atom is 0.228 e. The highest BCUT2D eigenvalue weighted by atomic mass is 32.1. The largest absolute Gasteiger partial charge is 0.356 e. The summed E-state index contributed by atoms with van der Waals surface area (Å²) in [6, 6.07) is 0. The van der Waals surface area contributed by atoms with Crippen molar-refractivity contribution in [3.8, 4) is 0 Å². The Morgan fingerprint density at radius 1 is 1.21 bits per heavy atom. The number of anilines is 2. The minimum atomic E-state index is 0.101. The third-order valence-electron chi connectivity index (χ3n) is 4.64. The smallest absolute Gasteiger partial charge is 0.228 e. The van der Waals surface area contributed by atoms with Gasteiger partial charge < -0.3 is 10.2 Å². The molecule has 0 unspecified atom stereocenters. The van der Waals surface area contributed by atoms with Gasteiger partial charge in [0, 0.05) is 38.5 Å². The van der Waals surface area contributed by atoms with Crippen molar-refractivity contribution in [2.45, 2.75) is 45.4 Å². The van der Waals surface area contributed by atoms with E-state index < -0.39 is 0 Å². The molecule has 2 amide bonds. The molecule has 0 saturated carbocycles. The maximum atomic E-state index is 12.0. The van der Waals surface area contributed by atoms with E-state index in [1.807, 2.05) is 0 Å². The lowest BCUT2D eigenvalue weighted by molar-refractivity contribution is -0.125. The number of piperidine rings is 2. The van der Waals surface area contributed by atoms with Crippen molar-refractivity contribution in [1.29, 1.82) is 0 Å². The summed E-state index contributed by atoms with van der Waals surface area (Å²) >= 11 is 1.48. The van der Waals surface area contributed by atoms with Crippen LogP contribution in [0.15, 0.2) is 0 Å². The first-order chi connectivity index (χ1) is 11.7. The Morgan fingerprint density at radius 3 is 2.67 bits per heavy atom. The highest BCUT2D eigenvalue weighted by Gasteiger charge is 2.28. The first kappa shape index (κ1) is 17.1. The average molecular weight is 351 g/mol. The van der Waals surface area contributed by atoms with E-state index in [1.165, 1.54) is 11.3 Å². The topological polar surface area (TPSA) is 78.4 Å². The summed E-state index contributed by atoms with van der Waals surface area (Å²) in [4.78, 5) is 28.0. The second-order valence-corrected chi connectivity index (χ2v) is 7.36. The molecule has 3 heterocycles. The maximum absolute atomic E-state index is 12.0. The van der Waals surface area contributed by atoms with E-state index in [4.69, 9.17) is 0 Å². The second kappa shape index (κ2) is 7.92. The van der Waals surface area contributed by atoms with Crippen molar-refractivity contribution in [3.63, 3.8) is 0 Å². The lowest BCUT2D eigenvalue weighted by Gasteiger charge is -2.30. The summed E-state index contributed by atoms with van der Waals surface area (Å²) < 4.78 is 0. The van der Waals surface area contributed by atoms with Crippen molar-refractivity contribution in [3.05, 3.63) is 0 Å².